The van der Waals surface area contributed by atoms with Gasteiger partial charge in [-0.1, -0.05) is 25.1 Å². The molecule has 2 unspecified atom stereocenters. The molecule has 2 aromatic rings. The van der Waals surface area contributed by atoms with E-state index >= 15 is 0 Å². The van der Waals surface area contributed by atoms with Gasteiger partial charge in [0.1, 0.15) is 0 Å². The molecular formula is C15H21N3OS. The summed E-state index contributed by atoms with van der Waals surface area (Å²) in [7, 11) is -0.708. The molecule has 1 heterocycles. The van der Waals surface area contributed by atoms with Crippen LogP contribution in [0, 0.1) is 0 Å². The minimum Gasteiger partial charge on any atom is -0.309 e. The molecule has 4 nitrogen and oxygen atoms in total. The van der Waals surface area contributed by atoms with Crippen molar-refractivity contribution in [2.24, 2.45) is 0 Å². The first-order valence-electron chi connectivity index (χ1n) is 6.89. The summed E-state index contributed by atoms with van der Waals surface area (Å²) in [5, 5.41) is 7.77. The number of para-hydroxylation sites is 1. The zero-order valence-electron chi connectivity index (χ0n) is 12.0. The van der Waals surface area contributed by atoms with Gasteiger partial charge in [0.15, 0.2) is 0 Å². The molecule has 0 aliphatic heterocycles. The number of aromatic nitrogens is 2. The van der Waals surface area contributed by atoms with Crippen LogP contribution in [0.15, 0.2) is 42.7 Å². The van der Waals surface area contributed by atoms with E-state index in [2.05, 4.69) is 17.3 Å². The van der Waals surface area contributed by atoms with Crippen LogP contribution in [0.2, 0.25) is 0 Å². The third kappa shape index (κ3) is 4.02. The Hall–Kier alpha value is -1.46. The van der Waals surface area contributed by atoms with Crippen molar-refractivity contribution in [3.63, 3.8) is 0 Å². The highest BCUT2D eigenvalue weighted by Gasteiger charge is 2.08. The molecule has 0 fully saturated rings. The van der Waals surface area contributed by atoms with E-state index in [1.54, 1.807) is 0 Å². The van der Waals surface area contributed by atoms with E-state index in [0.29, 0.717) is 5.75 Å². The summed E-state index contributed by atoms with van der Waals surface area (Å²) >= 11 is 0. The van der Waals surface area contributed by atoms with Crippen molar-refractivity contribution in [2.45, 2.75) is 19.9 Å². The molecule has 2 atom stereocenters. The highest BCUT2D eigenvalue weighted by molar-refractivity contribution is 7.84. The third-order valence-electron chi connectivity index (χ3n) is 3.23. The second kappa shape index (κ2) is 7.36. The average molecular weight is 291 g/mol. The molecule has 0 aliphatic rings. The molecule has 20 heavy (non-hydrogen) atoms. The quantitative estimate of drug-likeness (QED) is 0.851. The minimum absolute atomic E-state index is 0.210. The molecule has 2 rings (SSSR count). The zero-order valence-corrected chi connectivity index (χ0v) is 12.8. The Balaban J connectivity index is 1.93. The molecule has 0 aliphatic carbocycles. The maximum atomic E-state index is 11.4. The van der Waals surface area contributed by atoms with Crippen LogP contribution in [0.25, 0.3) is 5.69 Å². The second-order valence-corrected chi connectivity index (χ2v) is 6.53. The Morgan fingerprint density at radius 1 is 1.35 bits per heavy atom. The summed E-state index contributed by atoms with van der Waals surface area (Å²) in [5.74, 6) is 1.43. The topological polar surface area (TPSA) is 46.9 Å². The zero-order chi connectivity index (χ0) is 14.4. The molecule has 1 N–H and O–H groups in total. The first kappa shape index (κ1) is 14.9. The highest BCUT2D eigenvalue weighted by Crippen LogP contribution is 2.13. The smallest absolute Gasteiger partial charge is 0.0645 e. The lowest BCUT2D eigenvalue weighted by atomic mass is 10.2. The summed E-state index contributed by atoms with van der Waals surface area (Å²) in [6, 6.07) is 10.3. The van der Waals surface area contributed by atoms with E-state index < -0.39 is 10.8 Å². The fourth-order valence-electron chi connectivity index (χ4n) is 1.93. The van der Waals surface area contributed by atoms with Crippen LogP contribution < -0.4 is 5.32 Å². The van der Waals surface area contributed by atoms with Gasteiger partial charge in [-0.2, -0.15) is 5.10 Å². The van der Waals surface area contributed by atoms with Crippen molar-refractivity contribution in [1.29, 1.82) is 0 Å². The van der Waals surface area contributed by atoms with Crippen molar-refractivity contribution in [3.8, 4) is 5.69 Å². The Kier molecular flexibility index (Phi) is 5.49. The van der Waals surface area contributed by atoms with Crippen molar-refractivity contribution in [1.82, 2.24) is 15.1 Å². The number of benzene rings is 1. The Bertz CT molecular complexity index is 553. The molecule has 108 valence electrons. The lowest BCUT2D eigenvalue weighted by Crippen LogP contribution is -2.24. The van der Waals surface area contributed by atoms with Crippen molar-refractivity contribution in [3.05, 3.63) is 48.3 Å². The highest BCUT2D eigenvalue weighted by atomic mass is 32.2. The molecule has 1 aromatic heterocycles. The number of nitrogens with zero attached hydrogens (tertiary/aromatic N) is 2. The fraction of sp³-hybridized carbons (Fsp3) is 0.400. The Morgan fingerprint density at radius 2 is 2.10 bits per heavy atom. The normalized spacial score (nSPS) is 14.1. The summed E-state index contributed by atoms with van der Waals surface area (Å²) in [5.41, 5.74) is 2.19. The minimum atomic E-state index is -0.708. The molecule has 1 aromatic carbocycles. The van der Waals surface area contributed by atoms with Gasteiger partial charge in [-0.05, 0) is 19.1 Å². The molecule has 0 radical (unpaired) electrons. The van der Waals surface area contributed by atoms with E-state index in [9.17, 15) is 4.21 Å². The van der Waals surface area contributed by atoms with Crippen LogP contribution in [0.5, 0.6) is 0 Å². The van der Waals surface area contributed by atoms with E-state index in [1.165, 1.54) is 0 Å². The van der Waals surface area contributed by atoms with Crippen LogP contribution in [-0.2, 0) is 10.8 Å². The average Bonchev–Trinajstić information content (AvgIpc) is 2.97. The summed E-state index contributed by atoms with van der Waals surface area (Å²) in [6.07, 6.45) is 3.91. The van der Waals surface area contributed by atoms with Gasteiger partial charge in [-0.3, -0.25) is 4.21 Å². The van der Waals surface area contributed by atoms with Gasteiger partial charge >= 0.3 is 0 Å². The predicted molar refractivity (Wildman–Crippen MR) is 83.5 cm³/mol. The van der Waals surface area contributed by atoms with Gasteiger partial charge in [0, 0.05) is 46.7 Å². The molecule has 0 saturated carbocycles. The van der Waals surface area contributed by atoms with Crippen molar-refractivity contribution in [2.75, 3.05) is 18.1 Å². The molecule has 0 saturated heterocycles. The van der Waals surface area contributed by atoms with Crippen LogP contribution in [0.4, 0.5) is 0 Å². The van der Waals surface area contributed by atoms with Gasteiger partial charge in [0.25, 0.3) is 0 Å². The second-order valence-electron chi connectivity index (χ2n) is 4.66. The molecule has 0 bridgehead atoms. The Morgan fingerprint density at radius 3 is 2.80 bits per heavy atom. The number of rotatable bonds is 7. The van der Waals surface area contributed by atoms with E-state index in [0.717, 1.165) is 23.5 Å². The van der Waals surface area contributed by atoms with Gasteiger partial charge < -0.3 is 5.32 Å². The van der Waals surface area contributed by atoms with E-state index in [1.807, 2.05) is 54.3 Å². The number of hydrogen-bond donors (Lipinski definition) is 1. The standard InChI is InChI=1S/C15H21N3OS/c1-3-20(19)10-9-16-13(2)14-11-17-18(12-14)15-7-5-4-6-8-15/h4-8,11-13,16H,3,9-10H2,1-2H3. The third-order valence-corrected chi connectivity index (χ3v) is 4.53. The molecule has 0 amide bonds. The van der Waals surface area contributed by atoms with Gasteiger partial charge in [-0.25, -0.2) is 4.68 Å². The van der Waals surface area contributed by atoms with Crippen LogP contribution >= 0.6 is 0 Å². The Labute approximate surface area is 122 Å². The van der Waals surface area contributed by atoms with Crippen molar-refractivity contribution >= 4 is 10.8 Å². The predicted octanol–water partition coefficient (Wildman–Crippen LogP) is 2.29. The van der Waals surface area contributed by atoms with Crippen molar-refractivity contribution < 1.29 is 4.21 Å². The SMILES string of the molecule is CCS(=O)CCNC(C)c1cnn(-c2ccccc2)c1. The van der Waals surface area contributed by atoms with Crippen LogP contribution in [0.3, 0.4) is 0 Å². The van der Waals surface area contributed by atoms with Crippen LogP contribution in [0.1, 0.15) is 25.5 Å². The van der Waals surface area contributed by atoms with E-state index in [-0.39, 0.29) is 6.04 Å². The molecule has 0 spiro atoms. The largest absolute Gasteiger partial charge is 0.309 e. The first-order chi connectivity index (χ1) is 9.70. The lowest BCUT2D eigenvalue weighted by molar-refractivity contribution is 0.596. The fourth-order valence-corrected chi connectivity index (χ4v) is 2.57. The number of nitrogens with one attached hydrogen (secondary N) is 1. The van der Waals surface area contributed by atoms with Gasteiger partial charge in [0.05, 0.1) is 11.9 Å². The van der Waals surface area contributed by atoms with Gasteiger partial charge in [-0.15, -0.1) is 0 Å². The first-order valence-corrected chi connectivity index (χ1v) is 8.38. The summed E-state index contributed by atoms with van der Waals surface area (Å²) in [6.45, 7) is 4.81. The van der Waals surface area contributed by atoms with Crippen LogP contribution in [-0.4, -0.2) is 32.0 Å². The maximum absolute atomic E-state index is 11.4. The monoisotopic (exact) mass is 291 g/mol. The molecular weight excluding hydrogens is 270 g/mol. The maximum Gasteiger partial charge on any atom is 0.0645 e. The summed E-state index contributed by atoms with van der Waals surface area (Å²) in [4.78, 5) is 0. The summed E-state index contributed by atoms with van der Waals surface area (Å²) < 4.78 is 13.2. The molecule has 5 heteroatoms. The van der Waals surface area contributed by atoms with E-state index in [4.69, 9.17) is 0 Å². The van der Waals surface area contributed by atoms with Gasteiger partial charge in [0.2, 0.25) is 0 Å². The number of hydrogen-bond acceptors (Lipinski definition) is 3. The lowest BCUT2D eigenvalue weighted by Gasteiger charge is -2.11.